The zero-order valence-electron chi connectivity index (χ0n) is 14.6. The van der Waals surface area contributed by atoms with Gasteiger partial charge in [-0.15, -0.1) is 0 Å². The molecule has 3 aromatic rings. The van der Waals surface area contributed by atoms with Gasteiger partial charge in [0, 0.05) is 25.4 Å². The number of carbonyl (C=O) groups is 1. The average molecular weight is 354 g/mol. The Hall–Kier alpha value is -2.96. The van der Waals surface area contributed by atoms with Crippen molar-refractivity contribution in [2.24, 2.45) is 7.05 Å². The number of methoxy groups -OCH3 is 1. The number of aromatic nitrogens is 3. The van der Waals surface area contributed by atoms with Crippen LogP contribution in [0.5, 0.6) is 5.88 Å². The normalized spacial score (nSPS) is 13.8. The first kappa shape index (κ1) is 16.5. The highest BCUT2D eigenvalue weighted by Gasteiger charge is 2.27. The van der Waals surface area contributed by atoms with Crippen LogP contribution in [-0.2, 0) is 13.6 Å². The van der Waals surface area contributed by atoms with Crippen molar-refractivity contribution in [2.45, 2.75) is 25.3 Å². The summed E-state index contributed by atoms with van der Waals surface area (Å²) >= 11 is 0. The maximum atomic E-state index is 13.8. The summed E-state index contributed by atoms with van der Waals surface area (Å²) in [5.41, 5.74) is 4.40. The van der Waals surface area contributed by atoms with E-state index in [0.29, 0.717) is 12.5 Å². The van der Waals surface area contributed by atoms with Crippen molar-refractivity contribution in [3.05, 3.63) is 53.2 Å². The fourth-order valence-electron chi connectivity index (χ4n) is 3.28. The van der Waals surface area contributed by atoms with Crippen LogP contribution in [0.3, 0.4) is 0 Å². The minimum absolute atomic E-state index is 0.128. The molecule has 6 nitrogen and oxygen atoms in total. The Labute approximate surface area is 150 Å². The van der Waals surface area contributed by atoms with Crippen LogP contribution in [0.25, 0.3) is 11.0 Å². The molecule has 1 aliphatic carbocycles. The van der Waals surface area contributed by atoms with Gasteiger partial charge in [0.15, 0.2) is 5.82 Å². The van der Waals surface area contributed by atoms with E-state index in [1.165, 1.54) is 18.9 Å². The van der Waals surface area contributed by atoms with Crippen molar-refractivity contribution in [3.8, 4) is 5.88 Å². The van der Waals surface area contributed by atoms with Gasteiger partial charge in [-0.3, -0.25) is 4.79 Å². The van der Waals surface area contributed by atoms with Gasteiger partial charge in [0.25, 0.3) is 5.91 Å². The zero-order valence-corrected chi connectivity index (χ0v) is 14.6. The molecule has 0 spiro atoms. The molecular weight excluding hydrogens is 335 g/mol. The molecule has 0 atom stereocenters. The van der Waals surface area contributed by atoms with E-state index in [2.05, 4.69) is 21.4 Å². The number of halogens is 1. The number of ether oxygens (including phenoxy) is 1. The van der Waals surface area contributed by atoms with E-state index in [0.717, 1.165) is 35.5 Å². The van der Waals surface area contributed by atoms with Gasteiger partial charge in [0.2, 0.25) is 5.88 Å². The predicted octanol–water partition coefficient (Wildman–Crippen LogP) is 2.92. The third kappa shape index (κ3) is 2.89. The Bertz CT molecular complexity index is 995. The molecule has 1 fully saturated rings. The number of fused-ring (bicyclic) bond motifs is 1. The summed E-state index contributed by atoms with van der Waals surface area (Å²) in [6, 6.07) is 5.26. The number of imidazole rings is 1. The number of hydrogen-bond donors (Lipinski definition) is 1. The van der Waals surface area contributed by atoms with Gasteiger partial charge in [-0.05, 0) is 36.5 Å². The Morgan fingerprint density at radius 3 is 2.88 bits per heavy atom. The van der Waals surface area contributed by atoms with E-state index in [4.69, 9.17) is 4.74 Å². The summed E-state index contributed by atoms with van der Waals surface area (Å²) in [6.45, 7) is 0.356. The summed E-state index contributed by atoms with van der Waals surface area (Å²) < 4.78 is 20.5. The molecule has 1 saturated carbocycles. The lowest BCUT2D eigenvalue weighted by molar-refractivity contribution is 0.0950. The first-order valence-electron chi connectivity index (χ1n) is 8.49. The number of aryl methyl sites for hydroxylation is 1. The van der Waals surface area contributed by atoms with Gasteiger partial charge < -0.3 is 14.6 Å². The van der Waals surface area contributed by atoms with Crippen molar-refractivity contribution in [2.75, 3.05) is 7.11 Å². The lowest BCUT2D eigenvalue weighted by atomic mass is 10.0. The van der Waals surface area contributed by atoms with E-state index in [9.17, 15) is 9.18 Å². The lowest BCUT2D eigenvalue weighted by Gasteiger charge is -2.13. The highest BCUT2D eigenvalue weighted by Crippen LogP contribution is 2.43. The predicted molar refractivity (Wildman–Crippen MR) is 94.6 cm³/mol. The molecule has 1 amide bonds. The van der Waals surface area contributed by atoms with E-state index in [-0.39, 0.29) is 17.4 Å². The van der Waals surface area contributed by atoms with E-state index < -0.39 is 5.82 Å². The highest BCUT2D eigenvalue weighted by molar-refractivity contribution is 5.94. The number of pyridine rings is 1. The average Bonchev–Trinajstić information content (AvgIpc) is 3.42. The van der Waals surface area contributed by atoms with Gasteiger partial charge in [0.1, 0.15) is 0 Å². The number of benzene rings is 1. The second-order valence-corrected chi connectivity index (χ2v) is 6.53. The Morgan fingerprint density at radius 1 is 1.38 bits per heavy atom. The molecule has 134 valence electrons. The molecule has 7 heteroatoms. The van der Waals surface area contributed by atoms with Crippen LogP contribution in [0.4, 0.5) is 4.39 Å². The van der Waals surface area contributed by atoms with Crippen LogP contribution in [0.2, 0.25) is 0 Å². The molecule has 1 aromatic carbocycles. The quantitative estimate of drug-likeness (QED) is 0.765. The Morgan fingerprint density at radius 2 is 2.19 bits per heavy atom. The smallest absolute Gasteiger partial charge is 0.253 e. The van der Waals surface area contributed by atoms with Crippen molar-refractivity contribution < 1.29 is 13.9 Å². The number of rotatable bonds is 5. The molecule has 0 saturated heterocycles. The first-order valence-corrected chi connectivity index (χ1v) is 8.49. The van der Waals surface area contributed by atoms with Crippen molar-refractivity contribution in [1.82, 2.24) is 19.9 Å². The van der Waals surface area contributed by atoms with E-state index >= 15 is 0 Å². The molecule has 1 N–H and O–H groups in total. The number of nitrogens with zero attached hydrogens (tertiary/aromatic N) is 3. The van der Waals surface area contributed by atoms with Crippen molar-refractivity contribution in [3.63, 3.8) is 0 Å². The number of amides is 1. The van der Waals surface area contributed by atoms with Gasteiger partial charge in [0.05, 0.1) is 30.0 Å². The minimum Gasteiger partial charge on any atom is -0.479 e. The summed E-state index contributed by atoms with van der Waals surface area (Å²) in [7, 11) is 3.28. The molecule has 0 unspecified atom stereocenters. The molecule has 0 aliphatic heterocycles. The topological polar surface area (TPSA) is 69.0 Å². The fourth-order valence-corrected chi connectivity index (χ4v) is 3.28. The summed E-state index contributed by atoms with van der Waals surface area (Å²) in [5, 5.41) is 2.88. The number of hydrogen-bond acceptors (Lipinski definition) is 4. The van der Waals surface area contributed by atoms with Crippen molar-refractivity contribution in [1.29, 1.82) is 0 Å². The summed E-state index contributed by atoms with van der Waals surface area (Å²) in [5.74, 6) is -0.619. The van der Waals surface area contributed by atoms with Crippen LogP contribution in [0.1, 0.15) is 40.2 Å². The van der Waals surface area contributed by atoms with Crippen LogP contribution in [0, 0.1) is 5.82 Å². The molecule has 0 bridgehead atoms. The monoisotopic (exact) mass is 354 g/mol. The third-order valence-corrected chi connectivity index (χ3v) is 4.73. The fraction of sp³-hybridized carbons (Fsp3) is 0.316. The molecule has 2 aromatic heterocycles. The number of carbonyl (C=O) groups excluding carboxylic acids is 1. The maximum absolute atomic E-state index is 13.8. The van der Waals surface area contributed by atoms with Crippen molar-refractivity contribution >= 4 is 16.9 Å². The van der Waals surface area contributed by atoms with Crippen LogP contribution < -0.4 is 10.1 Å². The van der Waals surface area contributed by atoms with Crippen LogP contribution in [-0.4, -0.2) is 27.6 Å². The van der Waals surface area contributed by atoms with Crippen LogP contribution >= 0.6 is 0 Å². The van der Waals surface area contributed by atoms with Gasteiger partial charge in [-0.1, -0.05) is 6.07 Å². The lowest BCUT2D eigenvalue weighted by Crippen LogP contribution is -2.24. The Balaban J connectivity index is 1.61. The second-order valence-electron chi connectivity index (χ2n) is 6.53. The third-order valence-electron chi connectivity index (χ3n) is 4.73. The first-order chi connectivity index (χ1) is 12.6. The van der Waals surface area contributed by atoms with Gasteiger partial charge in [-0.25, -0.2) is 14.4 Å². The molecule has 2 heterocycles. The molecule has 26 heavy (non-hydrogen) atoms. The second kappa shape index (κ2) is 6.40. The molecule has 1 aliphatic rings. The largest absolute Gasteiger partial charge is 0.479 e. The van der Waals surface area contributed by atoms with Crippen LogP contribution in [0.15, 0.2) is 30.7 Å². The minimum atomic E-state index is -0.660. The molecule has 0 radical (unpaired) electrons. The molecular formula is C19H19FN4O2. The SMILES string of the molecule is COc1ncc(C(=O)NCc2c(C3CC3)ccc3ncn(C)c23)cc1F. The summed E-state index contributed by atoms with van der Waals surface area (Å²) in [6.07, 6.45) is 5.41. The molecule has 4 rings (SSSR count). The van der Waals surface area contributed by atoms with E-state index in [1.807, 2.05) is 17.7 Å². The van der Waals surface area contributed by atoms with Gasteiger partial charge >= 0.3 is 0 Å². The van der Waals surface area contributed by atoms with E-state index in [1.54, 1.807) is 6.33 Å². The zero-order chi connectivity index (χ0) is 18.3. The van der Waals surface area contributed by atoms with Gasteiger partial charge in [-0.2, -0.15) is 0 Å². The number of nitrogens with one attached hydrogen (secondary N) is 1. The summed E-state index contributed by atoms with van der Waals surface area (Å²) in [4.78, 5) is 20.6. The standard InChI is InChI=1S/C19H19FN4O2/c1-24-10-23-16-6-5-13(11-3-4-11)14(17(16)24)9-21-18(25)12-7-15(20)19(26-2)22-8-12/h5-8,10-11H,3-4,9H2,1-2H3,(H,21,25). The Kier molecular flexibility index (Phi) is 4.06. The maximum Gasteiger partial charge on any atom is 0.253 e. The highest BCUT2D eigenvalue weighted by atomic mass is 19.1.